The Morgan fingerprint density at radius 2 is 1.52 bits per heavy atom. The summed E-state index contributed by atoms with van der Waals surface area (Å²) in [5, 5.41) is 0. The quantitative estimate of drug-likeness (QED) is 0.701. The van der Waals surface area contributed by atoms with Crippen LogP contribution in [0.1, 0.15) is 78.4 Å². The van der Waals surface area contributed by atoms with Gasteiger partial charge in [-0.05, 0) is 77.1 Å². The van der Waals surface area contributed by atoms with Crippen LogP contribution >= 0.6 is 0 Å². The van der Waals surface area contributed by atoms with Gasteiger partial charge in [-0.25, -0.2) is 0 Å². The minimum atomic E-state index is -0.548. The van der Waals surface area contributed by atoms with E-state index in [0.29, 0.717) is 6.42 Å². The highest BCUT2D eigenvalue weighted by molar-refractivity contribution is 6.02. The minimum absolute atomic E-state index is 0.125. The Morgan fingerprint density at radius 3 is 2.04 bits per heavy atom. The van der Waals surface area contributed by atoms with E-state index < -0.39 is 5.41 Å². The lowest BCUT2D eigenvalue weighted by atomic mass is 9.75. The Balaban J connectivity index is 2.62. The van der Waals surface area contributed by atoms with E-state index in [4.69, 9.17) is 4.74 Å². The molecule has 2 atom stereocenters. The number of carbonyl (C=O) groups is 2. The average Bonchev–Trinajstić information content (AvgIpc) is 2.45. The van der Waals surface area contributed by atoms with Crippen molar-refractivity contribution in [2.75, 3.05) is 0 Å². The van der Waals surface area contributed by atoms with Crippen molar-refractivity contribution >= 4 is 11.8 Å². The molecule has 2 rings (SSSR count). The molecule has 1 aromatic carbocycles. The summed E-state index contributed by atoms with van der Waals surface area (Å²) in [6.45, 7) is 15.6. The van der Waals surface area contributed by atoms with E-state index in [1.54, 1.807) is 0 Å². The van der Waals surface area contributed by atoms with Gasteiger partial charge in [0, 0.05) is 17.0 Å². The van der Waals surface area contributed by atoms with Gasteiger partial charge in [-0.15, -0.1) is 0 Å². The number of esters is 1. The van der Waals surface area contributed by atoms with Crippen molar-refractivity contribution in [2.45, 2.75) is 67.9 Å². The van der Waals surface area contributed by atoms with E-state index in [2.05, 4.69) is 13.8 Å². The molecule has 3 heteroatoms. The van der Waals surface area contributed by atoms with Crippen molar-refractivity contribution in [3.8, 4) is 0 Å². The summed E-state index contributed by atoms with van der Waals surface area (Å²) in [5.74, 6) is -0.169. The highest BCUT2D eigenvalue weighted by Gasteiger charge is 2.38. The van der Waals surface area contributed by atoms with E-state index in [9.17, 15) is 9.59 Å². The number of hydrogen-bond acceptors (Lipinski definition) is 3. The molecule has 1 aliphatic rings. The molecular formula is C20H28O3. The second kappa shape index (κ2) is 5.77. The Kier molecular flexibility index (Phi) is 4.44. The maximum absolute atomic E-state index is 12.7. The van der Waals surface area contributed by atoms with Gasteiger partial charge in [0.25, 0.3) is 0 Å². The summed E-state index contributed by atoms with van der Waals surface area (Å²) in [7, 11) is 0. The zero-order valence-electron chi connectivity index (χ0n) is 15.6. The molecule has 23 heavy (non-hydrogen) atoms. The summed E-state index contributed by atoms with van der Waals surface area (Å²) in [4.78, 5) is 25.1. The number of hydrogen-bond donors (Lipinski definition) is 0. The fraction of sp³-hybridized carbons (Fsp3) is 0.600. The Hall–Kier alpha value is -1.64. The van der Waals surface area contributed by atoms with Crippen LogP contribution in [0.2, 0.25) is 0 Å². The summed E-state index contributed by atoms with van der Waals surface area (Å²) >= 11 is 0. The average molecular weight is 316 g/mol. The molecular weight excluding hydrogens is 288 g/mol. The zero-order valence-corrected chi connectivity index (χ0v) is 15.6. The fourth-order valence-electron chi connectivity index (χ4n) is 3.27. The van der Waals surface area contributed by atoms with Gasteiger partial charge in [-0.1, -0.05) is 6.92 Å². The van der Waals surface area contributed by atoms with Crippen molar-refractivity contribution in [3.63, 3.8) is 0 Å². The fourth-order valence-corrected chi connectivity index (χ4v) is 3.27. The second-order valence-corrected chi connectivity index (χ2v) is 7.93. The topological polar surface area (TPSA) is 43.4 Å². The molecule has 0 fully saturated rings. The van der Waals surface area contributed by atoms with Crippen molar-refractivity contribution in [1.29, 1.82) is 0 Å². The number of carbonyl (C=O) groups excluding carboxylic acids is 2. The number of ether oxygens (including phenoxy) is 1. The molecule has 2 unspecified atom stereocenters. The van der Waals surface area contributed by atoms with Crippen LogP contribution in [0.4, 0.5) is 0 Å². The van der Waals surface area contributed by atoms with Crippen molar-refractivity contribution in [1.82, 2.24) is 0 Å². The van der Waals surface area contributed by atoms with Crippen LogP contribution in [0.15, 0.2) is 0 Å². The second-order valence-electron chi connectivity index (χ2n) is 7.93. The normalized spacial score (nSPS) is 21.1. The lowest BCUT2D eigenvalue weighted by Crippen LogP contribution is -2.32. The SMILES string of the molecule is Cc1c(C)c(C)c2c(c1C)C(=O)C(C)CC2OC(=O)C(C)(C)C. The minimum Gasteiger partial charge on any atom is -0.457 e. The monoisotopic (exact) mass is 316 g/mol. The van der Waals surface area contributed by atoms with Crippen molar-refractivity contribution < 1.29 is 14.3 Å². The molecule has 1 aromatic rings. The molecule has 0 spiro atoms. The predicted octanol–water partition coefficient (Wildman–Crippen LogP) is 4.77. The van der Waals surface area contributed by atoms with Crippen LogP contribution in [0.25, 0.3) is 0 Å². The van der Waals surface area contributed by atoms with Crippen LogP contribution in [0.5, 0.6) is 0 Å². The van der Waals surface area contributed by atoms with Crippen LogP contribution in [-0.2, 0) is 9.53 Å². The van der Waals surface area contributed by atoms with E-state index in [1.807, 2.05) is 41.5 Å². The molecule has 3 nitrogen and oxygen atoms in total. The molecule has 1 aliphatic carbocycles. The largest absolute Gasteiger partial charge is 0.457 e. The number of ketones is 1. The Labute approximate surface area is 139 Å². The van der Waals surface area contributed by atoms with E-state index in [-0.39, 0.29) is 23.8 Å². The molecule has 0 heterocycles. The third-order valence-electron chi connectivity index (χ3n) is 5.18. The molecule has 0 aliphatic heterocycles. The maximum atomic E-state index is 12.7. The third kappa shape index (κ3) is 2.93. The Bertz CT molecular complexity index is 677. The van der Waals surface area contributed by atoms with Gasteiger partial charge in [-0.2, -0.15) is 0 Å². The first-order valence-corrected chi connectivity index (χ1v) is 8.32. The highest BCUT2D eigenvalue weighted by atomic mass is 16.5. The van der Waals surface area contributed by atoms with Gasteiger partial charge in [0.1, 0.15) is 6.10 Å². The molecule has 0 radical (unpaired) electrons. The van der Waals surface area contributed by atoms with Gasteiger partial charge in [-0.3, -0.25) is 9.59 Å². The zero-order chi connectivity index (χ0) is 17.7. The number of rotatable bonds is 1. The summed E-state index contributed by atoms with van der Waals surface area (Å²) < 4.78 is 5.84. The lowest BCUT2D eigenvalue weighted by Gasteiger charge is -2.34. The van der Waals surface area contributed by atoms with Crippen LogP contribution in [0, 0.1) is 39.0 Å². The van der Waals surface area contributed by atoms with Crippen molar-refractivity contribution in [2.24, 2.45) is 11.3 Å². The molecule has 0 saturated carbocycles. The molecule has 0 N–H and O–H groups in total. The number of fused-ring (bicyclic) bond motifs is 1. The van der Waals surface area contributed by atoms with Crippen LogP contribution in [0.3, 0.4) is 0 Å². The van der Waals surface area contributed by atoms with E-state index in [1.165, 1.54) is 5.56 Å². The summed E-state index contributed by atoms with van der Waals surface area (Å²) in [6.07, 6.45) is 0.235. The third-order valence-corrected chi connectivity index (χ3v) is 5.18. The Morgan fingerprint density at radius 1 is 1.00 bits per heavy atom. The highest BCUT2D eigenvalue weighted by Crippen LogP contribution is 2.42. The molecule has 0 amide bonds. The van der Waals surface area contributed by atoms with Crippen molar-refractivity contribution in [3.05, 3.63) is 33.4 Å². The smallest absolute Gasteiger partial charge is 0.311 e. The van der Waals surface area contributed by atoms with E-state index >= 15 is 0 Å². The summed E-state index contributed by atoms with van der Waals surface area (Å²) in [6, 6.07) is 0. The van der Waals surface area contributed by atoms with Crippen LogP contribution in [-0.4, -0.2) is 11.8 Å². The van der Waals surface area contributed by atoms with E-state index in [0.717, 1.165) is 27.8 Å². The molecule has 0 bridgehead atoms. The predicted molar refractivity (Wildman–Crippen MR) is 91.8 cm³/mol. The lowest BCUT2D eigenvalue weighted by molar-refractivity contribution is -0.160. The first-order chi connectivity index (χ1) is 10.5. The van der Waals surface area contributed by atoms with Gasteiger partial charge in [0.15, 0.2) is 5.78 Å². The van der Waals surface area contributed by atoms with Crippen LogP contribution < -0.4 is 0 Å². The first kappa shape index (κ1) is 17.7. The molecule has 126 valence electrons. The van der Waals surface area contributed by atoms with Gasteiger partial charge in [0.2, 0.25) is 0 Å². The standard InChI is InChI=1S/C20H28O3/c1-10-9-15(23-19(22)20(6,7)8)16-13(4)11(2)12(3)14(5)17(16)18(10)21/h10,15H,9H2,1-8H3. The number of benzene rings is 1. The molecule has 0 aromatic heterocycles. The summed E-state index contributed by atoms with van der Waals surface area (Å²) in [5.41, 5.74) is 5.59. The maximum Gasteiger partial charge on any atom is 0.311 e. The van der Waals surface area contributed by atoms with Gasteiger partial charge < -0.3 is 4.74 Å². The molecule has 0 saturated heterocycles. The first-order valence-electron chi connectivity index (χ1n) is 8.32. The van der Waals surface area contributed by atoms with Gasteiger partial charge in [0.05, 0.1) is 5.41 Å². The number of Topliss-reactive ketones (excluding diaryl/α,β-unsaturated/α-hetero) is 1. The van der Waals surface area contributed by atoms with Gasteiger partial charge >= 0.3 is 5.97 Å².